The molecule has 0 fully saturated rings. The first-order valence-electron chi connectivity index (χ1n) is 4.25. The van der Waals surface area contributed by atoms with Crippen LogP contribution in [0.3, 0.4) is 0 Å². The molecule has 0 amide bonds. The average Bonchev–Trinajstić information content (AvgIpc) is 1.76. The van der Waals surface area contributed by atoms with E-state index in [2.05, 4.69) is 63.7 Å². The molecular formula is C11H18Si. The fraction of sp³-hybridized carbons (Fsp3) is 0.636. The highest BCUT2D eigenvalue weighted by molar-refractivity contribution is 6.83. The second-order valence-electron chi connectivity index (χ2n) is 5.00. The van der Waals surface area contributed by atoms with Crippen LogP contribution in [-0.2, 0) is 0 Å². The van der Waals surface area contributed by atoms with E-state index in [9.17, 15) is 0 Å². The summed E-state index contributed by atoms with van der Waals surface area (Å²) in [6.07, 6.45) is 0. The van der Waals surface area contributed by atoms with E-state index in [1.54, 1.807) is 0 Å². The van der Waals surface area contributed by atoms with Crippen LogP contribution in [0.2, 0.25) is 19.6 Å². The zero-order chi connectivity index (χ0) is 9.83. The summed E-state index contributed by atoms with van der Waals surface area (Å²) < 4.78 is 0. The van der Waals surface area contributed by atoms with Crippen LogP contribution in [0, 0.1) is 28.7 Å². The minimum atomic E-state index is -1.22. The quantitative estimate of drug-likeness (QED) is 0.395. The molecule has 66 valence electrons. The molecule has 0 spiro atoms. The molecule has 1 heteroatoms. The Morgan fingerprint density at radius 2 is 1.42 bits per heavy atom. The zero-order valence-electron chi connectivity index (χ0n) is 9.00. The van der Waals surface area contributed by atoms with Crippen LogP contribution < -0.4 is 0 Å². The van der Waals surface area contributed by atoms with E-state index >= 15 is 0 Å². The van der Waals surface area contributed by atoms with Gasteiger partial charge in [0.25, 0.3) is 0 Å². The van der Waals surface area contributed by atoms with Gasteiger partial charge in [-0.25, -0.2) is 0 Å². The van der Waals surface area contributed by atoms with Gasteiger partial charge in [0.1, 0.15) is 8.07 Å². The predicted molar refractivity (Wildman–Crippen MR) is 58.4 cm³/mol. The highest BCUT2D eigenvalue weighted by Gasteiger charge is 2.07. The van der Waals surface area contributed by atoms with Crippen LogP contribution >= 0.6 is 0 Å². The Balaban J connectivity index is 4.27. The molecule has 0 aliphatic rings. The molecule has 0 heterocycles. The maximum Gasteiger partial charge on any atom is 0.130 e. The molecule has 0 nitrogen and oxygen atoms in total. The minimum absolute atomic E-state index is 0.0775. The van der Waals surface area contributed by atoms with Crippen molar-refractivity contribution >= 4 is 8.07 Å². The molecule has 0 aromatic heterocycles. The van der Waals surface area contributed by atoms with Crippen LogP contribution in [0.5, 0.6) is 0 Å². The first-order chi connectivity index (χ1) is 5.21. The van der Waals surface area contributed by atoms with E-state index in [1.165, 1.54) is 0 Å². The highest BCUT2D eigenvalue weighted by atomic mass is 28.3. The lowest BCUT2D eigenvalue weighted by Gasteiger charge is -2.05. The van der Waals surface area contributed by atoms with Crippen LogP contribution in [-0.4, -0.2) is 8.07 Å². The first kappa shape index (κ1) is 11.3. The number of hydrogen-bond acceptors (Lipinski definition) is 0. The second kappa shape index (κ2) is 3.83. The standard InChI is InChI=1S/C11H18Si/c1-11(2,3)9-7-8-10-12(4,5)6/h1-6H3. The molecule has 0 aliphatic heterocycles. The molecule has 0 aromatic rings. The van der Waals surface area contributed by atoms with Crippen molar-refractivity contribution in [2.45, 2.75) is 40.4 Å². The van der Waals surface area contributed by atoms with Gasteiger partial charge in [-0.05, 0) is 32.6 Å². The Kier molecular flexibility index (Phi) is 3.62. The van der Waals surface area contributed by atoms with Gasteiger partial charge in [-0.15, -0.1) is 5.54 Å². The normalized spacial score (nSPS) is 10.8. The molecule has 0 aliphatic carbocycles. The summed E-state index contributed by atoms with van der Waals surface area (Å²) in [6.45, 7) is 12.9. The van der Waals surface area contributed by atoms with Gasteiger partial charge in [-0.2, -0.15) is 0 Å². The summed E-state index contributed by atoms with van der Waals surface area (Å²) in [7, 11) is -1.22. The Morgan fingerprint density at radius 1 is 0.917 bits per heavy atom. The summed E-state index contributed by atoms with van der Waals surface area (Å²) in [5.74, 6) is 8.93. The molecule has 0 bridgehead atoms. The molecule has 0 saturated carbocycles. The third kappa shape index (κ3) is 9.34. The van der Waals surface area contributed by atoms with Gasteiger partial charge in [0.15, 0.2) is 0 Å². The third-order valence-corrected chi connectivity index (χ3v) is 1.81. The summed E-state index contributed by atoms with van der Waals surface area (Å²) in [4.78, 5) is 0. The van der Waals surface area contributed by atoms with Crippen molar-refractivity contribution in [2.75, 3.05) is 0 Å². The summed E-state index contributed by atoms with van der Waals surface area (Å²) in [6, 6.07) is 0. The van der Waals surface area contributed by atoms with Gasteiger partial charge in [-0.3, -0.25) is 0 Å². The maximum atomic E-state index is 3.21. The first-order valence-corrected chi connectivity index (χ1v) is 7.75. The van der Waals surface area contributed by atoms with Crippen molar-refractivity contribution in [2.24, 2.45) is 5.41 Å². The molecule has 12 heavy (non-hydrogen) atoms. The molecule has 0 saturated heterocycles. The second-order valence-corrected chi connectivity index (χ2v) is 9.75. The predicted octanol–water partition coefficient (Wildman–Crippen LogP) is 2.92. The van der Waals surface area contributed by atoms with E-state index in [1.807, 2.05) is 0 Å². The van der Waals surface area contributed by atoms with Gasteiger partial charge in [-0.1, -0.05) is 25.6 Å². The number of hydrogen-bond donors (Lipinski definition) is 0. The van der Waals surface area contributed by atoms with Crippen LogP contribution in [0.4, 0.5) is 0 Å². The third-order valence-electron chi connectivity index (χ3n) is 0.938. The fourth-order valence-corrected chi connectivity index (χ4v) is 0.875. The van der Waals surface area contributed by atoms with Crippen molar-refractivity contribution in [1.29, 1.82) is 0 Å². The molecule has 0 rings (SSSR count). The highest BCUT2D eigenvalue weighted by Crippen LogP contribution is 2.09. The molecule has 0 radical (unpaired) electrons. The van der Waals surface area contributed by atoms with E-state index in [0.29, 0.717) is 0 Å². The summed E-state index contributed by atoms with van der Waals surface area (Å²) >= 11 is 0. The smallest absolute Gasteiger partial charge is 0.118 e. The van der Waals surface area contributed by atoms with Crippen molar-refractivity contribution in [3.63, 3.8) is 0 Å². The Labute approximate surface area is 77.8 Å². The number of rotatable bonds is 0. The molecule has 0 unspecified atom stereocenters. The lowest BCUT2D eigenvalue weighted by molar-refractivity contribution is 0.571. The van der Waals surface area contributed by atoms with Crippen molar-refractivity contribution in [3.8, 4) is 23.3 Å². The van der Waals surface area contributed by atoms with E-state index < -0.39 is 8.07 Å². The Morgan fingerprint density at radius 3 is 1.75 bits per heavy atom. The summed E-state index contributed by atoms with van der Waals surface area (Å²) in [5, 5.41) is 0. The molecule has 0 N–H and O–H groups in total. The monoisotopic (exact) mass is 178 g/mol. The SMILES string of the molecule is CC(C)(C)C#CC#C[Si](C)(C)C. The van der Waals surface area contributed by atoms with Crippen LogP contribution in [0.15, 0.2) is 0 Å². The lowest BCUT2D eigenvalue weighted by Crippen LogP contribution is -2.16. The summed E-state index contributed by atoms with van der Waals surface area (Å²) in [5.41, 5.74) is 3.29. The maximum absolute atomic E-state index is 3.21. The van der Waals surface area contributed by atoms with Crippen molar-refractivity contribution in [3.05, 3.63) is 0 Å². The molecular weight excluding hydrogens is 160 g/mol. The Bertz CT molecular complexity index is 222. The minimum Gasteiger partial charge on any atom is -0.118 e. The van der Waals surface area contributed by atoms with E-state index in [0.717, 1.165) is 0 Å². The van der Waals surface area contributed by atoms with E-state index in [4.69, 9.17) is 0 Å². The van der Waals surface area contributed by atoms with Gasteiger partial charge in [0, 0.05) is 5.41 Å². The van der Waals surface area contributed by atoms with Gasteiger partial charge in [0.05, 0.1) is 0 Å². The lowest BCUT2D eigenvalue weighted by atomic mass is 9.98. The Hall–Kier alpha value is -0.663. The van der Waals surface area contributed by atoms with E-state index in [-0.39, 0.29) is 5.41 Å². The fourth-order valence-electron chi connectivity index (χ4n) is 0.438. The van der Waals surface area contributed by atoms with Gasteiger partial charge < -0.3 is 0 Å². The molecule has 0 atom stereocenters. The van der Waals surface area contributed by atoms with Crippen molar-refractivity contribution in [1.82, 2.24) is 0 Å². The average molecular weight is 178 g/mol. The van der Waals surface area contributed by atoms with Gasteiger partial charge in [0.2, 0.25) is 0 Å². The zero-order valence-corrected chi connectivity index (χ0v) is 10.0. The van der Waals surface area contributed by atoms with Crippen LogP contribution in [0.25, 0.3) is 0 Å². The topological polar surface area (TPSA) is 0 Å². The molecule has 0 aromatic carbocycles. The van der Waals surface area contributed by atoms with Gasteiger partial charge >= 0.3 is 0 Å². The van der Waals surface area contributed by atoms with Crippen LogP contribution in [0.1, 0.15) is 20.8 Å². The largest absolute Gasteiger partial charge is 0.130 e. The van der Waals surface area contributed by atoms with Crippen molar-refractivity contribution < 1.29 is 0 Å².